The zero-order valence-electron chi connectivity index (χ0n) is 8.42. The fourth-order valence-electron chi connectivity index (χ4n) is 1.23. The van der Waals surface area contributed by atoms with Crippen LogP contribution in [0.25, 0.3) is 0 Å². The maximum Gasteiger partial charge on any atom is 0.101 e. The van der Waals surface area contributed by atoms with Crippen LogP contribution in [0.5, 0.6) is 0 Å². The normalized spacial score (nSPS) is 11.2. The van der Waals surface area contributed by atoms with Crippen LogP contribution < -0.4 is 5.32 Å². The van der Waals surface area contributed by atoms with Crippen LogP contribution in [0.1, 0.15) is 18.9 Å². The van der Waals surface area contributed by atoms with Gasteiger partial charge in [-0.15, -0.1) is 12.3 Å². The second kappa shape index (κ2) is 5.44. The average Bonchev–Trinajstić information content (AvgIpc) is 2.18. The minimum absolute atomic E-state index is 0.163. The number of terminal acetylenes is 1. The molecule has 1 rings (SSSR count). The average molecular weight is 263 g/mol. The molecule has 1 aromatic rings. The van der Waals surface area contributed by atoms with Crippen molar-refractivity contribution in [3.8, 4) is 18.4 Å². The van der Waals surface area contributed by atoms with Gasteiger partial charge >= 0.3 is 0 Å². The maximum atomic E-state index is 8.91. The first-order valence-electron chi connectivity index (χ1n) is 4.57. The second-order valence-corrected chi connectivity index (χ2v) is 4.17. The summed E-state index contributed by atoms with van der Waals surface area (Å²) >= 11 is 3.36. The number of rotatable bonds is 3. The summed E-state index contributed by atoms with van der Waals surface area (Å²) in [6.45, 7) is 1.99. The molecule has 0 amide bonds. The van der Waals surface area contributed by atoms with E-state index in [2.05, 4.69) is 33.2 Å². The molecule has 0 fully saturated rings. The van der Waals surface area contributed by atoms with Gasteiger partial charge in [0.2, 0.25) is 0 Å². The first-order valence-corrected chi connectivity index (χ1v) is 5.36. The molecule has 3 heteroatoms. The van der Waals surface area contributed by atoms with Crippen LogP contribution in [0.15, 0.2) is 22.7 Å². The number of anilines is 1. The lowest BCUT2D eigenvalue weighted by atomic mass is 10.1. The van der Waals surface area contributed by atoms with Crippen molar-refractivity contribution in [3.63, 3.8) is 0 Å². The molecule has 0 aliphatic rings. The molecule has 1 N–H and O–H groups in total. The van der Waals surface area contributed by atoms with Gasteiger partial charge in [-0.3, -0.25) is 0 Å². The number of hydrogen-bond donors (Lipinski definition) is 1. The molecule has 0 spiro atoms. The number of halogens is 1. The summed E-state index contributed by atoms with van der Waals surface area (Å²) in [6, 6.07) is 7.79. The van der Waals surface area contributed by atoms with Gasteiger partial charge < -0.3 is 5.32 Å². The van der Waals surface area contributed by atoms with Crippen LogP contribution in [-0.4, -0.2) is 6.04 Å². The molecule has 0 bridgehead atoms. The Bertz CT molecular complexity index is 426. The SMILES string of the molecule is C#CCC(C)Nc1cc(Br)ccc1C#N. The zero-order chi connectivity index (χ0) is 11.3. The van der Waals surface area contributed by atoms with E-state index in [1.165, 1.54) is 0 Å². The van der Waals surface area contributed by atoms with E-state index in [-0.39, 0.29) is 6.04 Å². The molecule has 15 heavy (non-hydrogen) atoms. The third-order valence-electron chi connectivity index (χ3n) is 1.93. The monoisotopic (exact) mass is 262 g/mol. The van der Waals surface area contributed by atoms with Crippen molar-refractivity contribution in [1.29, 1.82) is 5.26 Å². The highest BCUT2D eigenvalue weighted by molar-refractivity contribution is 9.10. The summed E-state index contributed by atoms with van der Waals surface area (Å²) in [5.41, 5.74) is 1.44. The van der Waals surface area contributed by atoms with E-state index in [1.807, 2.05) is 19.1 Å². The third kappa shape index (κ3) is 3.31. The Balaban J connectivity index is 2.89. The topological polar surface area (TPSA) is 35.8 Å². The van der Waals surface area contributed by atoms with Crippen LogP contribution in [-0.2, 0) is 0 Å². The van der Waals surface area contributed by atoms with Crippen molar-refractivity contribution < 1.29 is 0 Å². The Morgan fingerprint density at radius 1 is 1.60 bits per heavy atom. The largest absolute Gasteiger partial charge is 0.381 e. The van der Waals surface area contributed by atoms with Gasteiger partial charge in [0.05, 0.1) is 11.3 Å². The lowest BCUT2D eigenvalue weighted by Gasteiger charge is -2.13. The highest BCUT2D eigenvalue weighted by Gasteiger charge is 2.05. The van der Waals surface area contributed by atoms with Crippen LogP contribution in [0.3, 0.4) is 0 Å². The van der Waals surface area contributed by atoms with Gasteiger partial charge in [-0.25, -0.2) is 0 Å². The molecular weight excluding hydrogens is 252 g/mol. The molecule has 0 aliphatic heterocycles. The molecule has 0 radical (unpaired) electrons. The lowest BCUT2D eigenvalue weighted by Crippen LogP contribution is -2.14. The lowest BCUT2D eigenvalue weighted by molar-refractivity contribution is 0.828. The molecule has 1 unspecified atom stereocenters. The highest BCUT2D eigenvalue weighted by Crippen LogP contribution is 2.21. The molecule has 76 valence electrons. The fourth-order valence-corrected chi connectivity index (χ4v) is 1.59. The Hall–Kier alpha value is -1.45. The second-order valence-electron chi connectivity index (χ2n) is 3.26. The molecule has 2 nitrogen and oxygen atoms in total. The van der Waals surface area contributed by atoms with Crippen molar-refractivity contribution in [2.24, 2.45) is 0 Å². The summed E-state index contributed by atoms with van der Waals surface area (Å²) in [7, 11) is 0. The zero-order valence-corrected chi connectivity index (χ0v) is 10.0. The van der Waals surface area contributed by atoms with Gasteiger partial charge in [0.15, 0.2) is 0 Å². The molecule has 0 saturated carbocycles. The van der Waals surface area contributed by atoms with Crippen LogP contribution in [0.4, 0.5) is 5.69 Å². The predicted octanol–water partition coefficient (Wildman–Crippen LogP) is 3.14. The number of nitrogens with one attached hydrogen (secondary N) is 1. The first kappa shape index (κ1) is 11.6. The van der Waals surface area contributed by atoms with Crippen molar-refractivity contribution >= 4 is 21.6 Å². The highest BCUT2D eigenvalue weighted by atomic mass is 79.9. The summed E-state index contributed by atoms with van der Waals surface area (Å²) in [6.07, 6.45) is 5.86. The molecule has 0 aromatic heterocycles. The van der Waals surface area contributed by atoms with Crippen molar-refractivity contribution in [3.05, 3.63) is 28.2 Å². The van der Waals surface area contributed by atoms with Crippen molar-refractivity contribution in [2.45, 2.75) is 19.4 Å². The van der Waals surface area contributed by atoms with E-state index in [1.54, 1.807) is 6.07 Å². The number of nitriles is 1. The first-order chi connectivity index (χ1) is 7.17. The van der Waals surface area contributed by atoms with Gasteiger partial charge in [-0.05, 0) is 25.1 Å². The Morgan fingerprint density at radius 2 is 2.33 bits per heavy atom. The number of benzene rings is 1. The van der Waals surface area contributed by atoms with E-state index in [9.17, 15) is 0 Å². The Kier molecular flexibility index (Phi) is 4.21. The molecule has 0 aliphatic carbocycles. The standard InChI is InChI=1S/C12H11BrN2/c1-3-4-9(2)15-12-7-11(13)6-5-10(12)8-14/h1,5-7,9,15H,4H2,2H3. The van der Waals surface area contributed by atoms with E-state index >= 15 is 0 Å². The summed E-state index contributed by atoms with van der Waals surface area (Å²) in [4.78, 5) is 0. The summed E-state index contributed by atoms with van der Waals surface area (Å²) in [5.74, 6) is 2.58. The van der Waals surface area contributed by atoms with Crippen LogP contribution >= 0.6 is 15.9 Å². The summed E-state index contributed by atoms with van der Waals surface area (Å²) < 4.78 is 0.942. The van der Waals surface area contributed by atoms with E-state index in [4.69, 9.17) is 11.7 Å². The van der Waals surface area contributed by atoms with E-state index in [0.717, 1.165) is 10.2 Å². The van der Waals surface area contributed by atoms with E-state index in [0.29, 0.717) is 12.0 Å². The molecule has 1 atom stereocenters. The van der Waals surface area contributed by atoms with Gasteiger partial charge in [0.25, 0.3) is 0 Å². The smallest absolute Gasteiger partial charge is 0.101 e. The van der Waals surface area contributed by atoms with Crippen LogP contribution in [0.2, 0.25) is 0 Å². The Morgan fingerprint density at radius 3 is 2.93 bits per heavy atom. The molecule has 1 aromatic carbocycles. The fraction of sp³-hybridized carbons (Fsp3) is 0.250. The van der Waals surface area contributed by atoms with Crippen molar-refractivity contribution in [1.82, 2.24) is 0 Å². The predicted molar refractivity (Wildman–Crippen MR) is 65.4 cm³/mol. The number of hydrogen-bond acceptors (Lipinski definition) is 2. The maximum absolute atomic E-state index is 8.91. The number of nitrogens with zero attached hydrogens (tertiary/aromatic N) is 1. The van der Waals surface area contributed by atoms with Crippen molar-refractivity contribution in [2.75, 3.05) is 5.32 Å². The molecule has 0 saturated heterocycles. The Labute approximate surface area is 98.4 Å². The summed E-state index contributed by atoms with van der Waals surface area (Å²) in [5, 5.41) is 12.1. The molecular formula is C12H11BrN2. The quantitative estimate of drug-likeness (QED) is 0.850. The minimum atomic E-state index is 0.163. The van der Waals surface area contributed by atoms with Gasteiger partial charge in [0, 0.05) is 16.9 Å². The van der Waals surface area contributed by atoms with Crippen LogP contribution in [0, 0.1) is 23.7 Å². The van der Waals surface area contributed by atoms with Gasteiger partial charge in [-0.1, -0.05) is 15.9 Å². The molecule has 0 heterocycles. The van der Waals surface area contributed by atoms with Gasteiger partial charge in [0.1, 0.15) is 6.07 Å². The third-order valence-corrected chi connectivity index (χ3v) is 2.42. The van der Waals surface area contributed by atoms with Gasteiger partial charge in [-0.2, -0.15) is 5.26 Å². The van der Waals surface area contributed by atoms with E-state index < -0.39 is 0 Å². The minimum Gasteiger partial charge on any atom is -0.381 e.